The summed E-state index contributed by atoms with van der Waals surface area (Å²) in [6.07, 6.45) is 4.88. The monoisotopic (exact) mass is 238 g/mol. The van der Waals surface area contributed by atoms with E-state index in [0.29, 0.717) is 0 Å². The topological polar surface area (TPSA) is 63.6 Å². The molecule has 0 saturated carbocycles. The zero-order valence-electron chi connectivity index (χ0n) is 9.45. The van der Waals surface area contributed by atoms with Crippen LogP contribution in [-0.2, 0) is 0 Å². The van der Waals surface area contributed by atoms with E-state index in [1.165, 1.54) is 6.20 Å². The fraction of sp³-hybridized carbons (Fsp3) is 0. The molecule has 0 fully saturated rings. The van der Waals surface area contributed by atoms with Crippen molar-refractivity contribution in [2.75, 3.05) is 0 Å². The molecule has 0 unspecified atom stereocenters. The van der Waals surface area contributed by atoms with Crippen LogP contribution >= 0.6 is 0 Å². The second-order valence-corrected chi connectivity index (χ2v) is 3.77. The molecule has 0 aliphatic carbocycles. The van der Waals surface area contributed by atoms with Crippen LogP contribution in [0.4, 0.5) is 0 Å². The van der Waals surface area contributed by atoms with E-state index < -0.39 is 0 Å². The van der Waals surface area contributed by atoms with E-state index in [-0.39, 0.29) is 5.69 Å². The third-order valence-electron chi connectivity index (χ3n) is 2.61. The summed E-state index contributed by atoms with van der Waals surface area (Å²) in [5, 5.41) is 4.28. The van der Waals surface area contributed by atoms with E-state index in [4.69, 9.17) is 0 Å². The number of aromatic nitrogens is 4. The number of benzene rings is 1. The van der Waals surface area contributed by atoms with E-state index >= 15 is 0 Å². The summed E-state index contributed by atoms with van der Waals surface area (Å²) in [4.78, 5) is 17.2. The molecular weight excluding hydrogens is 228 g/mol. The Hall–Kier alpha value is -2.69. The molecule has 0 aliphatic rings. The van der Waals surface area contributed by atoms with Gasteiger partial charge in [0.2, 0.25) is 0 Å². The maximum absolute atomic E-state index is 11.0. The summed E-state index contributed by atoms with van der Waals surface area (Å²) >= 11 is 0. The molecule has 2 heterocycles. The molecule has 18 heavy (non-hydrogen) atoms. The van der Waals surface area contributed by atoms with Crippen LogP contribution in [0.3, 0.4) is 0 Å². The molecule has 0 aliphatic heterocycles. The smallest absolute Gasteiger partial charge is 0.312 e. The van der Waals surface area contributed by atoms with Crippen LogP contribution in [0.15, 0.2) is 59.8 Å². The Morgan fingerprint density at radius 3 is 2.67 bits per heavy atom. The Balaban J connectivity index is 2.12. The summed E-state index contributed by atoms with van der Waals surface area (Å²) in [5.74, 6) is 0. The van der Waals surface area contributed by atoms with Crippen molar-refractivity contribution < 1.29 is 0 Å². The Labute approximate surface area is 103 Å². The maximum Gasteiger partial charge on any atom is 0.344 e. The molecule has 0 saturated heterocycles. The van der Waals surface area contributed by atoms with E-state index in [1.807, 2.05) is 36.4 Å². The maximum atomic E-state index is 11.0. The lowest BCUT2D eigenvalue weighted by Gasteiger charge is -2.06. The summed E-state index contributed by atoms with van der Waals surface area (Å²) in [5.41, 5.74) is 2.30. The van der Waals surface area contributed by atoms with E-state index in [0.717, 1.165) is 16.9 Å². The zero-order valence-corrected chi connectivity index (χ0v) is 9.45. The zero-order chi connectivity index (χ0) is 12.4. The SMILES string of the molecule is O=c1ncc(-c2ccnn2-c2ccccc2)c[nH]1. The fourth-order valence-corrected chi connectivity index (χ4v) is 1.78. The van der Waals surface area contributed by atoms with Gasteiger partial charge in [-0.2, -0.15) is 5.10 Å². The van der Waals surface area contributed by atoms with Gasteiger partial charge in [-0.15, -0.1) is 0 Å². The molecule has 0 atom stereocenters. The van der Waals surface area contributed by atoms with Crippen LogP contribution in [0.2, 0.25) is 0 Å². The molecule has 5 heteroatoms. The minimum Gasteiger partial charge on any atom is -0.312 e. The minimum absolute atomic E-state index is 0.357. The molecule has 88 valence electrons. The second-order valence-electron chi connectivity index (χ2n) is 3.77. The summed E-state index contributed by atoms with van der Waals surface area (Å²) in [7, 11) is 0. The highest BCUT2D eigenvalue weighted by atomic mass is 16.1. The first-order valence-corrected chi connectivity index (χ1v) is 5.49. The van der Waals surface area contributed by atoms with Crippen LogP contribution in [0, 0.1) is 0 Å². The predicted molar refractivity (Wildman–Crippen MR) is 67.4 cm³/mol. The van der Waals surface area contributed by atoms with Gasteiger partial charge in [0, 0.05) is 18.0 Å². The highest BCUT2D eigenvalue weighted by Gasteiger charge is 2.07. The molecule has 0 radical (unpaired) electrons. The van der Waals surface area contributed by atoms with Gasteiger partial charge in [-0.25, -0.2) is 14.5 Å². The first-order valence-electron chi connectivity index (χ1n) is 5.49. The molecule has 0 amide bonds. The Morgan fingerprint density at radius 1 is 1.11 bits per heavy atom. The van der Waals surface area contributed by atoms with Gasteiger partial charge < -0.3 is 4.98 Å². The molecule has 1 N–H and O–H groups in total. The van der Waals surface area contributed by atoms with Crippen LogP contribution in [0.5, 0.6) is 0 Å². The van der Waals surface area contributed by atoms with Crippen LogP contribution in [-0.4, -0.2) is 19.7 Å². The fourth-order valence-electron chi connectivity index (χ4n) is 1.78. The number of rotatable bonds is 2. The second kappa shape index (κ2) is 4.29. The van der Waals surface area contributed by atoms with Crippen molar-refractivity contribution in [3.05, 3.63) is 65.5 Å². The summed E-state index contributed by atoms with van der Waals surface area (Å²) in [6.45, 7) is 0. The predicted octanol–water partition coefficient (Wildman–Crippen LogP) is 1.62. The average molecular weight is 238 g/mol. The normalized spacial score (nSPS) is 10.4. The van der Waals surface area contributed by atoms with Crippen LogP contribution < -0.4 is 5.69 Å². The van der Waals surface area contributed by atoms with Crippen LogP contribution in [0.1, 0.15) is 0 Å². The number of H-pyrrole nitrogens is 1. The van der Waals surface area contributed by atoms with Crippen molar-refractivity contribution in [1.82, 2.24) is 19.7 Å². The largest absolute Gasteiger partial charge is 0.344 e. The van der Waals surface area contributed by atoms with Crippen molar-refractivity contribution in [1.29, 1.82) is 0 Å². The number of hydrogen-bond donors (Lipinski definition) is 1. The Bertz CT molecular complexity index is 695. The van der Waals surface area contributed by atoms with Crippen LogP contribution in [0.25, 0.3) is 16.9 Å². The highest BCUT2D eigenvalue weighted by Crippen LogP contribution is 2.19. The van der Waals surface area contributed by atoms with Gasteiger partial charge >= 0.3 is 5.69 Å². The lowest BCUT2D eigenvalue weighted by atomic mass is 10.2. The molecule has 1 aromatic carbocycles. The first-order chi connectivity index (χ1) is 8.84. The molecule has 0 bridgehead atoms. The van der Waals surface area contributed by atoms with Gasteiger partial charge in [0.05, 0.1) is 17.6 Å². The molecule has 5 nitrogen and oxygen atoms in total. The first kappa shape index (κ1) is 10.5. The van der Waals surface area contributed by atoms with E-state index in [9.17, 15) is 4.79 Å². The van der Waals surface area contributed by atoms with E-state index in [2.05, 4.69) is 15.1 Å². The quantitative estimate of drug-likeness (QED) is 0.738. The van der Waals surface area contributed by atoms with Crippen molar-refractivity contribution in [3.63, 3.8) is 0 Å². The number of para-hydroxylation sites is 1. The summed E-state index contributed by atoms with van der Waals surface area (Å²) in [6, 6.07) is 11.7. The Morgan fingerprint density at radius 2 is 1.94 bits per heavy atom. The average Bonchev–Trinajstić information content (AvgIpc) is 2.90. The third-order valence-corrected chi connectivity index (χ3v) is 2.61. The van der Waals surface area contributed by atoms with E-state index in [1.54, 1.807) is 17.1 Å². The third kappa shape index (κ3) is 1.82. The molecular formula is C13H10N4O. The Kier molecular flexibility index (Phi) is 2.49. The van der Waals surface area contributed by atoms with Crippen molar-refractivity contribution in [2.24, 2.45) is 0 Å². The number of nitrogens with zero attached hydrogens (tertiary/aromatic N) is 3. The molecule has 2 aromatic heterocycles. The van der Waals surface area contributed by atoms with Gasteiger partial charge in [-0.1, -0.05) is 18.2 Å². The highest BCUT2D eigenvalue weighted by molar-refractivity contribution is 5.59. The molecule has 3 aromatic rings. The van der Waals surface area contributed by atoms with Gasteiger partial charge in [-0.3, -0.25) is 0 Å². The van der Waals surface area contributed by atoms with Gasteiger partial charge in [0.25, 0.3) is 0 Å². The molecule has 3 rings (SSSR count). The van der Waals surface area contributed by atoms with Crippen molar-refractivity contribution in [3.8, 4) is 16.9 Å². The van der Waals surface area contributed by atoms with Crippen molar-refractivity contribution >= 4 is 0 Å². The summed E-state index contributed by atoms with van der Waals surface area (Å²) < 4.78 is 1.80. The van der Waals surface area contributed by atoms with Gasteiger partial charge in [0.15, 0.2) is 0 Å². The minimum atomic E-state index is -0.357. The molecule has 0 spiro atoms. The van der Waals surface area contributed by atoms with Crippen molar-refractivity contribution in [2.45, 2.75) is 0 Å². The number of hydrogen-bond acceptors (Lipinski definition) is 3. The van der Waals surface area contributed by atoms with Gasteiger partial charge in [0.1, 0.15) is 0 Å². The lowest BCUT2D eigenvalue weighted by Crippen LogP contribution is -2.09. The number of nitrogens with one attached hydrogen (secondary N) is 1. The lowest BCUT2D eigenvalue weighted by molar-refractivity contribution is 0.885. The van der Waals surface area contributed by atoms with Gasteiger partial charge in [-0.05, 0) is 18.2 Å². The standard InChI is InChI=1S/C13H10N4O/c18-13-14-8-10(9-15-13)12-6-7-16-17(12)11-4-2-1-3-5-11/h1-9H,(H,14,15,18). The number of aromatic amines is 1.